The summed E-state index contributed by atoms with van der Waals surface area (Å²) in [5.74, 6) is 0.898. The quantitative estimate of drug-likeness (QED) is 0.893. The molecule has 100 valence electrons. The summed E-state index contributed by atoms with van der Waals surface area (Å²) >= 11 is 0. The molecular weight excluding hydrogens is 241 g/mol. The molecule has 0 radical (unpaired) electrons. The van der Waals surface area contributed by atoms with Crippen LogP contribution in [0.25, 0.3) is 0 Å². The zero-order valence-electron chi connectivity index (χ0n) is 11.2. The van der Waals surface area contributed by atoms with Crippen LogP contribution in [0.4, 0.5) is 4.39 Å². The molecule has 0 saturated carbocycles. The average molecular weight is 259 g/mol. The van der Waals surface area contributed by atoms with Crippen molar-refractivity contribution in [2.45, 2.75) is 26.3 Å². The SMILES string of the molecule is CCc1ccccc1Oc1cccc(F)c1[C@@H](C)N. The Kier molecular flexibility index (Phi) is 4.17. The van der Waals surface area contributed by atoms with Gasteiger partial charge in [-0.2, -0.15) is 0 Å². The van der Waals surface area contributed by atoms with Crippen LogP contribution in [0.3, 0.4) is 0 Å². The van der Waals surface area contributed by atoms with Gasteiger partial charge in [-0.3, -0.25) is 0 Å². The van der Waals surface area contributed by atoms with E-state index in [9.17, 15) is 4.39 Å². The van der Waals surface area contributed by atoms with E-state index < -0.39 is 6.04 Å². The first-order chi connectivity index (χ1) is 9.13. The molecule has 0 aromatic heterocycles. The van der Waals surface area contributed by atoms with Gasteiger partial charge in [0.25, 0.3) is 0 Å². The Labute approximate surface area is 113 Å². The summed E-state index contributed by atoms with van der Waals surface area (Å²) in [5.41, 5.74) is 7.32. The highest BCUT2D eigenvalue weighted by Gasteiger charge is 2.15. The molecular formula is C16H18FNO. The maximum Gasteiger partial charge on any atom is 0.135 e. The minimum absolute atomic E-state index is 0.332. The third-order valence-electron chi connectivity index (χ3n) is 3.04. The van der Waals surface area contributed by atoms with Crippen molar-refractivity contribution in [3.63, 3.8) is 0 Å². The molecule has 2 N–H and O–H groups in total. The summed E-state index contributed by atoms with van der Waals surface area (Å²) < 4.78 is 19.7. The minimum Gasteiger partial charge on any atom is -0.457 e. The molecule has 2 aromatic rings. The van der Waals surface area contributed by atoms with Crippen molar-refractivity contribution in [3.05, 3.63) is 59.4 Å². The second-order valence-electron chi connectivity index (χ2n) is 4.50. The van der Waals surface area contributed by atoms with E-state index in [0.29, 0.717) is 11.3 Å². The molecule has 3 heteroatoms. The van der Waals surface area contributed by atoms with Gasteiger partial charge in [0.15, 0.2) is 0 Å². The smallest absolute Gasteiger partial charge is 0.135 e. The minimum atomic E-state index is -0.412. The third kappa shape index (κ3) is 2.93. The first-order valence-corrected chi connectivity index (χ1v) is 6.43. The van der Waals surface area contributed by atoms with Crippen LogP contribution in [0, 0.1) is 5.82 Å². The normalized spacial score (nSPS) is 12.2. The Morgan fingerprint density at radius 2 is 1.79 bits per heavy atom. The molecule has 0 saturated heterocycles. The molecule has 0 aliphatic heterocycles. The number of ether oxygens (including phenoxy) is 1. The Morgan fingerprint density at radius 3 is 2.47 bits per heavy atom. The summed E-state index contributed by atoms with van der Waals surface area (Å²) in [6.45, 7) is 3.80. The average Bonchev–Trinajstić information content (AvgIpc) is 2.39. The van der Waals surface area contributed by atoms with E-state index >= 15 is 0 Å². The van der Waals surface area contributed by atoms with E-state index in [4.69, 9.17) is 10.5 Å². The molecule has 2 nitrogen and oxygen atoms in total. The summed E-state index contributed by atoms with van der Waals surface area (Å²) in [5, 5.41) is 0. The summed E-state index contributed by atoms with van der Waals surface area (Å²) in [4.78, 5) is 0. The zero-order chi connectivity index (χ0) is 13.8. The highest BCUT2D eigenvalue weighted by molar-refractivity contribution is 5.43. The van der Waals surface area contributed by atoms with E-state index in [0.717, 1.165) is 17.7 Å². The van der Waals surface area contributed by atoms with E-state index in [-0.39, 0.29) is 5.82 Å². The lowest BCUT2D eigenvalue weighted by atomic mass is 10.1. The topological polar surface area (TPSA) is 35.2 Å². The fourth-order valence-electron chi connectivity index (χ4n) is 2.06. The molecule has 0 fully saturated rings. The van der Waals surface area contributed by atoms with Crippen LogP contribution in [0.2, 0.25) is 0 Å². The van der Waals surface area contributed by atoms with Gasteiger partial charge in [-0.25, -0.2) is 4.39 Å². The Hall–Kier alpha value is -1.87. The molecule has 2 rings (SSSR count). The second-order valence-corrected chi connectivity index (χ2v) is 4.50. The van der Waals surface area contributed by atoms with Crippen molar-refractivity contribution in [2.24, 2.45) is 5.73 Å². The second kappa shape index (κ2) is 5.85. The standard InChI is InChI=1S/C16H18FNO/c1-3-12-7-4-5-9-14(12)19-15-10-6-8-13(17)16(15)11(2)18/h4-11H,3,18H2,1-2H3/t11-/m1/s1. The molecule has 0 bridgehead atoms. The number of rotatable bonds is 4. The van der Waals surface area contributed by atoms with Gasteiger partial charge in [-0.05, 0) is 37.1 Å². The summed E-state index contributed by atoms with van der Waals surface area (Å²) in [6, 6.07) is 12.1. The molecule has 0 heterocycles. The number of benzene rings is 2. The fourth-order valence-corrected chi connectivity index (χ4v) is 2.06. The lowest BCUT2D eigenvalue weighted by molar-refractivity contribution is 0.456. The van der Waals surface area contributed by atoms with E-state index in [1.165, 1.54) is 6.07 Å². The number of hydrogen-bond donors (Lipinski definition) is 1. The first kappa shape index (κ1) is 13.6. The van der Waals surface area contributed by atoms with E-state index in [1.54, 1.807) is 19.1 Å². The van der Waals surface area contributed by atoms with Crippen LogP contribution in [-0.2, 0) is 6.42 Å². The number of halogens is 1. The maximum absolute atomic E-state index is 13.8. The lowest BCUT2D eigenvalue weighted by Crippen LogP contribution is -2.09. The van der Waals surface area contributed by atoms with Gasteiger partial charge in [0.1, 0.15) is 17.3 Å². The van der Waals surface area contributed by atoms with Crippen molar-refractivity contribution >= 4 is 0 Å². The lowest BCUT2D eigenvalue weighted by Gasteiger charge is -2.16. The van der Waals surface area contributed by atoms with Crippen molar-refractivity contribution in [1.29, 1.82) is 0 Å². The summed E-state index contributed by atoms with van der Waals surface area (Å²) in [6.07, 6.45) is 0.860. The predicted molar refractivity (Wildman–Crippen MR) is 74.9 cm³/mol. The van der Waals surface area contributed by atoms with Crippen LogP contribution < -0.4 is 10.5 Å². The maximum atomic E-state index is 13.8. The highest BCUT2D eigenvalue weighted by Crippen LogP contribution is 2.32. The van der Waals surface area contributed by atoms with Gasteiger partial charge < -0.3 is 10.5 Å². The summed E-state index contributed by atoms with van der Waals surface area (Å²) in [7, 11) is 0. The number of aryl methyl sites for hydroxylation is 1. The fraction of sp³-hybridized carbons (Fsp3) is 0.250. The Balaban J connectivity index is 2.41. The molecule has 2 aromatic carbocycles. The van der Waals surface area contributed by atoms with Crippen LogP contribution in [-0.4, -0.2) is 0 Å². The van der Waals surface area contributed by atoms with Crippen LogP contribution >= 0.6 is 0 Å². The molecule has 0 aliphatic rings. The van der Waals surface area contributed by atoms with Crippen molar-refractivity contribution in [2.75, 3.05) is 0 Å². The van der Waals surface area contributed by atoms with E-state index in [1.807, 2.05) is 24.3 Å². The Morgan fingerprint density at radius 1 is 1.11 bits per heavy atom. The zero-order valence-corrected chi connectivity index (χ0v) is 11.2. The van der Waals surface area contributed by atoms with Crippen molar-refractivity contribution < 1.29 is 9.13 Å². The number of nitrogens with two attached hydrogens (primary N) is 1. The van der Waals surface area contributed by atoms with Gasteiger partial charge in [-0.1, -0.05) is 31.2 Å². The van der Waals surface area contributed by atoms with Gasteiger partial charge in [0.2, 0.25) is 0 Å². The molecule has 19 heavy (non-hydrogen) atoms. The molecule has 0 unspecified atom stereocenters. The predicted octanol–water partition coefficient (Wildman–Crippen LogP) is 4.20. The molecule has 0 amide bonds. The molecule has 0 aliphatic carbocycles. The molecule has 1 atom stereocenters. The van der Waals surface area contributed by atoms with Crippen molar-refractivity contribution in [1.82, 2.24) is 0 Å². The van der Waals surface area contributed by atoms with Crippen LogP contribution in [0.1, 0.15) is 31.0 Å². The number of hydrogen-bond acceptors (Lipinski definition) is 2. The van der Waals surface area contributed by atoms with Gasteiger partial charge >= 0.3 is 0 Å². The highest BCUT2D eigenvalue weighted by atomic mass is 19.1. The van der Waals surface area contributed by atoms with Gasteiger partial charge in [0.05, 0.1) is 0 Å². The first-order valence-electron chi connectivity index (χ1n) is 6.43. The Bertz CT molecular complexity index is 566. The largest absolute Gasteiger partial charge is 0.457 e. The van der Waals surface area contributed by atoms with Gasteiger partial charge in [0, 0.05) is 11.6 Å². The van der Waals surface area contributed by atoms with Crippen molar-refractivity contribution in [3.8, 4) is 11.5 Å². The van der Waals surface area contributed by atoms with Crippen LogP contribution in [0.15, 0.2) is 42.5 Å². The number of para-hydroxylation sites is 1. The van der Waals surface area contributed by atoms with Crippen LogP contribution in [0.5, 0.6) is 11.5 Å². The van der Waals surface area contributed by atoms with E-state index in [2.05, 4.69) is 6.92 Å². The molecule has 0 spiro atoms. The third-order valence-corrected chi connectivity index (χ3v) is 3.04. The van der Waals surface area contributed by atoms with Gasteiger partial charge in [-0.15, -0.1) is 0 Å². The monoisotopic (exact) mass is 259 g/mol.